The first-order chi connectivity index (χ1) is 10.9. The lowest BCUT2D eigenvalue weighted by atomic mass is 9.92. The Hall–Kier alpha value is -1.56. The summed E-state index contributed by atoms with van der Waals surface area (Å²) in [4.78, 5) is 13.9. The van der Waals surface area contributed by atoms with Gasteiger partial charge in [0, 0.05) is 26.1 Å². The van der Waals surface area contributed by atoms with Crippen LogP contribution in [0.4, 0.5) is 13.2 Å². The summed E-state index contributed by atoms with van der Waals surface area (Å²) in [5.41, 5.74) is -0.359. The molecule has 23 heavy (non-hydrogen) atoms. The molecule has 0 N–H and O–H groups in total. The third-order valence-corrected chi connectivity index (χ3v) is 4.80. The minimum atomic E-state index is -4.36. The first-order valence-corrected chi connectivity index (χ1v) is 7.96. The highest BCUT2D eigenvalue weighted by Gasteiger charge is 2.38. The van der Waals surface area contributed by atoms with E-state index in [0.29, 0.717) is 24.9 Å². The summed E-state index contributed by atoms with van der Waals surface area (Å²) in [6.45, 7) is 1.50. The highest BCUT2D eigenvalue weighted by atomic mass is 19.4. The Morgan fingerprint density at radius 1 is 1.22 bits per heavy atom. The fourth-order valence-corrected chi connectivity index (χ4v) is 3.46. The molecule has 0 aliphatic carbocycles. The minimum Gasteiger partial charge on any atom is -0.375 e. The average Bonchev–Trinajstić information content (AvgIpc) is 2.92. The van der Waals surface area contributed by atoms with E-state index in [-0.39, 0.29) is 18.1 Å². The van der Waals surface area contributed by atoms with Gasteiger partial charge >= 0.3 is 6.18 Å². The molecule has 1 aromatic carbocycles. The molecule has 2 heterocycles. The average molecular weight is 327 g/mol. The van der Waals surface area contributed by atoms with Crippen molar-refractivity contribution in [3.63, 3.8) is 0 Å². The quantitative estimate of drug-likeness (QED) is 0.827. The molecule has 3 rings (SSSR count). The fraction of sp³-hybridized carbons (Fsp3) is 0.588. The van der Waals surface area contributed by atoms with Gasteiger partial charge in [0.15, 0.2) is 0 Å². The van der Waals surface area contributed by atoms with E-state index >= 15 is 0 Å². The molecule has 0 bridgehead atoms. The number of amides is 1. The van der Waals surface area contributed by atoms with E-state index in [4.69, 9.17) is 4.74 Å². The van der Waals surface area contributed by atoms with Crippen LogP contribution in [0.15, 0.2) is 24.3 Å². The van der Waals surface area contributed by atoms with Crippen molar-refractivity contribution in [3.05, 3.63) is 35.4 Å². The van der Waals surface area contributed by atoms with E-state index in [1.54, 1.807) is 11.0 Å². The number of halogens is 3. The second-order valence-corrected chi connectivity index (χ2v) is 6.40. The number of rotatable bonds is 2. The Labute approximate surface area is 133 Å². The summed E-state index contributed by atoms with van der Waals surface area (Å²) >= 11 is 0. The lowest BCUT2D eigenvalue weighted by Crippen LogP contribution is -2.32. The second-order valence-electron chi connectivity index (χ2n) is 6.40. The van der Waals surface area contributed by atoms with E-state index in [2.05, 4.69) is 0 Å². The van der Waals surface area contributed by atoms with Gasteiger partial charge in [-0.2, -0.15) is 13.2 Å². The highest BCUT2D eigenvalue weighted by molar-refractivity contribution is 5.76. The maximum absolute atomic E-state index is 12.8. The summed E-state index contributed by atoms with van der Waals surface area (Å²) in [7, 11) is 0. The first-order valence-electron chi connectivity index (χ1n) is 7.96. The number of carbonyl (C=O) groups excluding carboxylic acids is 1. The Balaban J connectivity index is 1.71. The van der Waals surface area contributed by atoms with Gasteiger partial charge in [-0.3, -0.25) is 4.79 Å². The number of nitrogens with zero attached hydrogens (tertiary/aromatic N) is 1. The zero-order chi connectivity index (χ0) is 16.5. The number of carbonyl (C=O) groups is 1. The molecule has 1 atom stereocenters. The molecule has 1 spiro atoms. The van der Waals surface area contributed by atoms with Crippen LogP contribution in [0.1, 0.15) is 43.2 Å². The van der Waals surface area contributed by atoms with Gasteiger partial charge in [0.1, 0.15) is 0 Å². The Morgan fingerprint density at radius 2 is 2.04 bits per heavy atom. The lowest BCUT2D eigenvalue weighted by molar-refractivity contribution is -0.137. The van der Waals surface area contributed by atoms with Crippen LogP contribution in [0.2, 0.25) is 0 Å². The monoisotopic (exact) mass is 327 g/mol. The number of ether oxygens (including phenoxy) is 1. The molecule has 3 nitrogen and oxygen atoms in total. The molecular formula is C17H20F3NO2. The van der Waals surface area contributed by atoms with Crippen molar-refractivity contribution in [3.8, 4) is 0 Å². The molecule has 126 valence electrons. The van der Waals surface area contributed by atoms with Gasteiger partial charge < -0.3 is 9.64 Å². The molecule has 0 aromatic heterocycles. The number of hydrogen-bond donors (Lipinski definition) is 0. The molecule has 0 radical (unpaired) electrons. The maximum atomic E-state index is 12.8. The zero-order valence-corrected chi connectivity index (χ0v) is 12.9. The van der Waals surface area contributed by atoms with Gasteiger partial charge in [-0.1, -0.05) is 12.1 Å². The van der Waals surface area contributed by atoms with Gasteiger partial charge in [-0.15, -0.1) is 0 Å². The standard InChI is InChI=1S/C17H20F3NO2/c18-17(19,20)14-4-1-3-13(11-14)12-21-9-8-16(6-2-10-23-16)7-5-15(21)22/h1,3-4,11H,2,5-10,12H2/t16-/m1/s1. The predicted molar refractivity (Wildman–Crippen MR) is 78.6 cm³/mol. The van der Waals surface area contributed by atoms with Crippen LogP contribution < -0.4 is 0 Å². The SMILES string of the molecule is O=C1CC[C@]2(CCCO2)CCN1Cc1cccc(C(F)(F)F)c1. The van der Waals surface area contributed by atoms with Crippen molar-refractivity contribution in [1.82, 2.24) is 4.90 Å². The smallest absolute Gasteiger partial charge is 0.375 e. The topological polar surface area (TPSA) is 29.5 Å². The summed E-state index contributed by atoms with van der Waals surface area (Å²) in [5.74, 6) is -0.00483. The van der Waals surface area contributed by atoms with Crippen LogP contribution >= 0.6 is 0 Å². The van der Waals surface area contributed by atoms with Crippen molar-refractivity contribution >= 4 is 5.91 Å². The van der Waals surface area contributed by atoms with Crippen LogP contribution in [0, 0.1) is 0 Å². The van der Waals surface area contributed by atoms with E-state index in [1.165, 1.54) is 6.07 Å². The largest absolute Gasteiger partial charge is 0.416 e. The molecule has 2 fully saturated rings. The Bertz CT molecular complexity index is 579. The third kappa shape index (κ3) is 3.68. The van der Waals surface area contributed by atoms with Crippen LogP contribution in [-0.2, 0) is 22.3 Å². The third-order valence-electron chi connectivity index (χ3n) is 4.80. The number of hydrogen-bond acceptors (Lipinski definition) is 2. The Morgan fingerprint density at radius 3 is 2.74 bits per heavy atom. The van der Waals surface area contributed by atoms with E-state index in [9.17, 15) is 18.0 Å². The van der Waals surface area contributed by atoms with Crippen LogP contribution in [0.25, 0.3) is 0 Å². The second kappa shape index (κ2) is 6.15. The van der Waals surface area contributed by atoms with Crippen molar-refractivity contribution in [2.75, 3.05) is 13.2 Å². The predicted octanol–water partition coefficient (Wildman–Crippen LogP) is 3.77. The lowest BCUT2D eigenvalue weighted by Gasteiger charge is -2.26. The van der Waals surface area contributed by atoms with Crippen molar-refractivity contribution in [2.24, 2.45) is 0 Å². The normalized spacial score (nSPS) is 25.9. The molecule has 0 saturated carbocycles. The summed E-state index contributed by atoms with van der Waals surface area (Å²) in [5, 5.41) is 0. The summed E-state index contributed by atoms with van der Waals surface area (Å²) < 4.78 is 44.2. The molecule has 0 unspecified atom stereocenters. The minimum absolute atomic E-state index is 0.00483. The molecule has 2 saturated heterocycles. The summed E-state index contributed by atoms with van der Waals surface area (Å²) in [6.07, 6.45) is -0.498. The molecular weight excluding hydrogens is 307 g/mol. The van der Waals surface area contributed by atoms with E-state index in [1.807, 2.05) is 0 Å². The van der Waals surface area contributed by atoms with Crippen molar-refractivity contribution in [1.29, 1.82) is 0 Å². The van der Waals surface area contributed by atoms with Gasteiger partial charge in [-0.25, -0.2) is 0 Å². The van der Waals surface area contributed by atoms with Crippen molar-refractivity contribution < 1.29 is 22.7 Å². The zero-order valence-electron chi connectivity index (χ0n) is 12.9. The van der Waals surface area contributed by atoms with Crippen molar-refractivity contribution in [2.45, 2.75) is 50.4 Å². The maximum Gasteiger partial charge on any atom is 0.416 e. The summed E-state index contributed by atoms with van der Waals surface area (Å²) in [6, 6.07) is 5.20. The Kier molecular flexibility index (Phi) is 4.36. The first kappa shape index (κ1) is 16.3. The number of likely N-dealkylation sites (tertiary alicyclic amines) is 1. The van der Waals surface area contributed by atoms with Gasteiger partial charge in [-0.05, 0) is 43.4 Å². The number of benzene rings is 1. The van der Waals surface area contributed by atoms with Gasteiger partial charge in [0.2, 0.25) is 5.91 Å². The van der Waals surface area contributed by atoms with Gasteiger partial charge in [0.05, 0.1) is 11.2 Å². The van der Waals surface area contributed by atoms with Crippen LogP contribution in [-0.4, -0.2) is 29.6 Å². The van der Waals surface area contributed by atoms with Crippen LogP contribution in [0.5, 0.6) is 0 Å². The molecule has 6 heteroatoms. The van der Waals surface area contributed by atoms with E-state index < -0.39 is 11.7 Å². The molecule has 1 amide bonds. The van der Waals surface area contributed by atoms with Crippen LogP contribution in [0.3, 0.4) is 0 Å². The fourth-order valence-electron chi connectivity index (χ4n) is 3.46. The molecule has 1 aromatic rings. The van der Waals surface area contributed by atoms with E-state index in [0.717, 1.165) is 38.0 Å². The van der Waals surface area contributed by atoms with Gasteiger partial charge in [0.25, 0.3) is 0 Å². The molecule has 2 aliphatic rings. The highest BCUT2D eigenvalue weighted by Crippen LogP contribution is 2.36. The molecule has 2 aliphatic heterocycles. The number of alkyl halides is 3.